The molecule has 1 N–H and O–H groups in total. The van der Waals surface area contributed by atoms with E-state index in [0.29, 0.717) is 17.3 Å². The fourth-order valence-electron chi connectivity index (χ4n) is 2.32. The molecule has 6 heteroatoms. The Morgan fingerprint density at radius 3 is 2.80 bits per heavy atom. The number of aromatic nitrogens is 1. The molecule has 0 atom stereocenters. The maximum absolute atomic E-state index is 11.7. The van der Waals surface area contributed by atoms with E-state index in [9.17, 15) is 4.79 Å². The quantitative estimate of drug-likeness (QED) is 0.818. The Balaban J connectivity index is 1.57. The predicted octanol–water partition coefficient (Wildman–Crippen LogP) is 2.53. The molecule has 1 amide bonds. The van der Waals surface area contributed by atoms with E-state index in [1.54, 1.807) is 24.8 Å². The Kier molecular flexibility index (Phi) is 6.39. The van der Waals surface area contributed by atoms with Crippen molar-refractivity contribution in [2.45, 2.75) is 32.6 Å². The minimum absolute atomic E-state index is 0.0147. The molecule has 1 aliphatic rings. The number of carbonyl (C=O) groups excluding carboxylic acids is 1. The molecule has 1 aromatic heterocycles. The lowest BCUT2D eigenvalue weighted by Gasteiger charge is -2.18. The molecule has 0 aromatic carbocycles. The number of likely N-dealkylation sites (tertiary alicyclic amines) is 1. The first-order valence-corrected chi connectivity index (χ1v) is 8.43. The summed E-state index contributed by atoms with van der Waals surface area (Å²) in [5.41, 5.74) is 0. The van der Waals surface area contributed by atoms with Crippen LogP contribution in [-0.4, -0.2) is 47.1 Å². The highest BCUT2D eigenvalue weighted by Gasteiger charge is 2.09. The van der Waals surface area contributed by atoms with Crippen LogP contribution in [0.25, 0.3) is 0 Å². The molecule has 0 spiro atoms. The summed E-state index contributed by atoms with van der Waals surface area (Å²) >= 11 is 1.68. The molecular formula is C14H23N3O2S. The first-order chi connectivity index (χ1) is 9.74. The van der Waals surface area contributed by atoms with E-state index in [-0.39, 0.29) is 5.91 Å². The number of anilines is 1. The van der Waals surface area contributed by atoms with Gasteiger partial charge in [0.25, 0.3) is 0 Å². The lowest BCUT2D eigenvalue weighted by molar-refractivity contribution is -0.113. The standard InChI is InChI=1S/C14H23N3O2S/c1-12-10-13(16-19-12)15-14(18)11-20-9-8-17-6-4-2-3-5-7-17/h10H,2-9,11H2,1H3,(H,15,16,18). The van der Waals surface area contributed by atoms with Crippen LogP contribution in [0.2, 0.25) is 0 Å². The van der Waals surface area contributed by atoms with Crippen molar-refractivity contribution in [3.63, 3.8) is 0 Å². The smallest absolute Gasteiger partial charge is 0.235 e. The first kappa shape index (κ1) is 15.4. The number of thioether (sulfide) groups is 1. The zero-order valence-electron chi connectivity index (χ0n) is 12.1. The van der Waals surface area contributed by atoms with Crippen molar-refractivity contribution in [3.8, 4) is 0 Å². The van der Waals surface area contributed by atoms with E-state index in [4.69, 9.17) is 4.52 Å². The number of carbonyl (C=O) groups is 1. The summed E-state index contributed by atoms with van der Waals surface area (Å²) in [6, 6.07) is 1.72. The lowest BCUT2D eigenvalue weighted by Crippen LogP contribution is -2.27. The van der Waals surface area contributed by atoms with Crippen molar-refractivity contribution in [3.05, 3.63) is 11.8 Å². The minimum atomic E-state index is -0.0147. The van der Waals surface area contributed by atoms with E-state index >= 15 is 0 Å². The molecular weight excluding hydrogens is 274 g/mol. The van der Waals surface area contributed by atoms with Crippen LogP contribution in [0.15, 0.2) is 10.6 Å². The zero-order chi connectivity index (χ0) is 14.2. The summed E-state index contributed by atoms with van der Waals surface area (Å²) in [6.45, 7) is 5.32. The summed E-state index contributed by atoms with van der Waals surface area (Å²) in [6.07, 6.45) is 5.36. The summed E-state index contributed by atoms with van der Waals surface area (Å²) in [5.74, 6) is 2.67. The van der Waals surface area contributed by atoms with Crippen molar-refractivity contribution in [1.82, 2.24) is 10.1 Å². The number of rotatable bonds is 6. The Bertz CT molecular complexity index is 414. The molecule has 20 heavy (non-hydrogen) atoms. The van der Waals surface area contributed by atoms with Crippen LogP contribution in [0.1, 0.15) is 31.4 Å². The van der Waals surface area contributed by atoms with Gasteiger partial charge in [0.05, 0.1) is 5.75 Å². The van der Waals surface area contributed by atoms with Gasteiger partial charge >= 0.3 is 0 Å². The van der Waals surface area contributed by atoms with Crippen molar-refractivity contribution in [2.24, 2.45) is 0 Å². The number of hydrogen-bond acceptors (Lipinski definition) is 5. The highest BCUT2D eigenvalue weighted by molar-refractivity contribution is 7.99. The van der Waals surface area contributed by atoms with Gasteiger partial charge < -0.3 is 14.7 Å². The molecule has 0 bridgehead atoms. The lowest BCUT2D eigenvalue weighted by atomic mass is 10.2. The average Bonchev–Trinajstić information content (AvgIpc) is 2.67. The van der Waals surface area contributed by atoms with Crippen LogP contribution in [0.4, 0.5) is 5.82 Å². The van der Waals surface area contributed by atoms with Gasteiger partial charge in [-0.3, -0.25) is 4.79 Å². The molecule has 0 unspecified atom stereocenters. The van der Waals surface area contributed by atoms with Crippen LogP contribution in [0.5, 0.6) is 0 Å². The summed E-state index contributed by atoms with van der Waals surface area (Å²) < 4.78 is 4.90. The fourth-order valence-corrected chi connectivity index (χ4v) is 3.11. The second-order valence-corrected chi connectivity index (χ2v) is 6.28. The summed E-state index contributed by atoms with van der Waals surface area (Å²) in [7, 11) is 0. The van der Waals surface area contributed by atoms with E-state index in [1.807, 2.05) is 0 Å². The van der Waals surface area contributed by atoms with Gasteiger partial charge in [-0.25, -0.2) is 0 Å². The second-order valence-electron chi connectivity index (χ2n) is 5.18. The molecule has 5 nitrogen and oxygen atoms in total. The largest absolute Gasteiger partial charge is 0.360 e. The van der Waals surface area contributed by atoms with Crippen LogP contribution < -0.4 is 5.32 Å². The summed E-state index contributed by atoms with van der Waals surface area (Å²) in [4.78, 5) is 14.2. The Morgan fingerprint density at radius 1 is 1.40 bits per heavy atom. The monoisotopic (exact) mass is 297 g/mol. The molecule has 0 radical (unpaired) electrons. The third-order valence-electron chi connectivity index (χ3n) is 3.38. The third-order valence-corrected chi connectivity index (χ3v) is 4.32. The third kappa shape index (κ3) is 5.54. The number of nitrogens with one attached hydrogen (secondary N) is 1. The highest BCUT2D eigenvalue weighted by Crippen LogP contribution is 2.11. The number of hydrogen-bond donors (Lipinski definition) is 1. The second kappa shape index (κ2) is 8.32. The number of nitrogens with zero attached hydrogens (tertiary/aromatic N) is 2. The normalized spacial score (nSPS) is 16.9. The van der Waals surface area contributed by atoms with Gasteiger partial charge in [-0.05, 0) is 32.9 Å². The SMILES string of the molecule is Cc1cc(NC(=O)CSCCN2CCCCCC2)no1. The average molecular weight is 297 g/mol. The fraction of sp³-hybridized carbons (Fsp3) is 0.714. The van der Waals surface area contributed by atoms with Gasteiger partial charge in [0.2, 0.25) is 5.91 Å². The number of amides is 1. The molecule has 2 heterocycles. The minimum Gasteiger partial charge on any atom is -0.360 e. The highest BCUT2D eigenvalue weighted by atomic mass is 32.2. The van der Waals surface area contributed by atoms with Crippen molar-refractivity contribution < 1.29 is 9.32 Å². The Morgan fingerprint density at radius 2 is 2.15 bits per heavy atom. The van der Waals surface area contributed by atoms with E-state index in [2.05, 4.69) is 15.4 Å². The van der Waals surface area contributed by atoms with Crippen LogP contribution in [-0.2, 0) is 4.79 Å². The van der Waals surface area contributed by atoms with Gasteiger partial charge in [0.15, 0.2) is 5.82 Å². The molecule has 1 aliphatic heterocycles. The van der Waals surface area contributed by atoms with Crippen LogP contribution in [0, 0.1) is 6.92 Å². The van der Waals surface area contributed by atoms with Crippen molar-refractivity contribution in [1.29, 1.82) is 0 Å². The molecule has 0 aliphatic carbocycles. The van der Waals surface area contributed by atoms with Crippen LogP contribution >= 0.6 is 11.8 Å². The van der Waals surface area contributed by atoms with Gasteiger partial charge in [-0.1, -0.05) is 18.0 Å². The van der Waals surface area contributed by atoms with Gasteiger partial charge in [0.1, 0.15) is 5.76 Å². The molecule has 1 fully saturated rings. The Hall–Kier alpha value is -1.01. The molecule has 2 rings (SSSR count). The molecule has 0 saturated carbocycles. The molecule has 1 saturated heterocycles. The predicted molar refractivity (Wildman–Crippen MR) is 82.1 cm³/mol. The number of aryl methyl sites for hydroxylation is 1. The van der Waals surface area contributed by atoms with Crippen LogP contribution in [0.3, 0.4) is 0 Å². The maximum Gasteiger partial charge on any atom is 0.235 e. The molecule has 112 valence electrons. The van der Waals surface area contributed by atoms with E-state index in [1.165, 1.54) is 38.8 Å². The van der Waals surface area contributed by atoms with E-state index in [0.717, 1.165) is 12.3 Å². The van der Waals surface area contributed by atoms with Gasteiger partial charge in [-0.15, -0.1) is 0 Å². The zero-order valence-corrected chi connectivity index (χ0v) is 12.9. The summed E-state index contributed by atoms with van der Waals surface area (Å²) in [5, 5.41) is 6.48. The maximum atomic E-state index is 11.7. The van der Waals surface area contributed by atoms with Crippen molar-refractivity contribution in [2.75, 3.05) is 36.5 Å². The Labute approximate surface area is 124 Å². The van der Waals surface area contributed by atoms with Gasteiger partial charge in [-0.2, -0.15) is 11.8 Å². The van der Waals surface area contributed by atoms with E-state index < -0.39 is 0 Å². The topological polar surface area (TPSA) is 58.4 Å². The first-order valence-electron chi connectivity index (χ1n) is 7.27. The molecule has 1 aromatic rings. The van der Waals surface area contributed by atoms with Crippen molar-refractivity contribution >= 4 is 23.5 Å². The van der Waals surface area contributed by atoms with Gasteiger partial charge in [0, 0.05) is 18.4 Å².